The van der Waals surface area contributed by atoms with Crippen LogP contribution in [0.25, 0.3) is 11.1 Å². The van der Waals surface area contributed by atoms with Crippen molar-refractivity contribution in [2.45, 2.75) is 51.6 Å². The summed E-state index contributed by atoms with van der Waals surface area (Å²) < 4.78 is 10.9. The number of carbonyl (C=O) groups is 1. The van der Waals surface area contributed by atoms with Gasteiger partial charge in [0.05, 0.1) is 6.61 Å². The van der Waals surface area contributed by atoms with Crippen LogP contribution in [0.2, 0.25) is 0 Å². The van der Waals surface area contributed by atoms with Crippen LogP contribution in [0.15, 0.2) is 54.6 Å². The minimum absolute atomic E-state index is 0.0740. The Balaban J connectivity index is 1.79. The molecule has 4 heteroatoms. The van der Waals surface area contributed by atoms with Crippen LogP contribution in [0, 0.1) is 0 Å². The molecule has 0 aromatic heterocycles. The van der Waals surface area contributed by atoms with E-state index in [-0.39, 0.29) is 19.8 Å². The van der Waals surface area contributed by atoms with E-state index in [2.05, 4.69) is 30.8 Å². The number of rotatable bonds is 8. The Labute approximate surface area is 173 Å². The van der Waals surface area contributed by atoms with Gasteiger partial charge in [0.25, 0.3) is 0 Å². The molecule has 0 unspecified atom stereocenters. The smallest absolute Gasteiger partial charge is 0.333 e. The van der Waals surface area contributed by atoms with E-state index < -0.39 is 5.97 Å². The first kappa shape index (κ1) is 21.1. The summed E-state index contributed by atoms with van der Waals surface area (Å²) >= 11 is 0. The highest BCUT2D eigenvalue weighted by molar-refractivity contribution is 5.87. The maximum absolute atomic E-state index is 11.8. The summed E-state index contributed by atoms with van der Waals surface area (Å²) in [4.78, 5) is 11.8. The number of benzene rings is 2. The summed E-state index contributed by atoms with van der Waals surface area (Å²) in [6, 6.07) is 14.6. The molecule has 1 saturated carbocycles. The van der Waals surface area contributed by atoms with Gasteiger partial charge < -0.3 is 14.6 Å². The Bertz CT molecular complexity index is 832. The van der Waals surface area contributed by atoms with Gasteiger partial charge in [-0.15, -0.1) is 0 Å². The average Bonchev–Trinajstić information content (AvgIpc) is 2.77. The van der Waals surface area contributed by atoms with Crippen molar-refractivity contribution in [3.8, 4) is 16.9 Å². The van der Waals surface area contributed by atoms with Crippen molar-refractivity contribution in [3.05, 3.63) is 65.7 Å². The Hall–Kier alpha value is -2.59. The summed E-state index contributed by atoms with van der Waals surface area (Å²) in [7, 11) is 0. The van der Waals surface area contributed by atoms with E-state index in [0.29, 0.717) is 17.2 Å². The Kier molecular flexibility index (Phi) is 7.48. The molecule has 0 amide bonds. The van der Waals surface area contributed by atoms with Crippen LogP contribution in [0.3, 0.4) is 0 Å². The van der Waals surface area contributed by atoms with Gasteiger partial charge in [-0.3, -0.25) is 0 Å². The number of carbonyl (C=O) groups excluding carboxylic acids is 1. The normalized spacial score (nSPS) is 14.4. The maximum atomic E-state index is 11.8. The Morgan fingerprint density at radius 3 is 2.41 bits per heavy atom. The number of esters is 1. The van der Waals surface area contributed by atoms with Crippen molar-refractivity contribution < 1.29 is 19.4 Å². The SMILES string of the molecule is C=C(C)C(=O)OCc1cc(-c2ccc(C3CCCCC3)cc2)ccc1OCCO. The van der Waals surface area contributed by atoms with Gasteiger partial charge in [0, 0.05) is 11.1 Å². The van der Waals surface area contributed by atoms with Crippen LogP contribution in [0.1, 0.15) is 56.1 Å². The summed E-state index contributed by atoms with van der Waals surface area (Å²) in [6.07, 6.45) is 6.59. The second-order valence-electron chi connectivity index (χ2n) is 7.71. The lowest BCUT2D eigenvalue weighted by molar-refractivity contribution is -0.140. The third kappa shape index (κ3) is 5.70. The number of ether oxygens (including phenoxy) is 2. The molecule has 0 radical (unpaired) electrons. The molecule has 0 spiro atoms. The van der Waals surface area contributed by atoms with Crippen molar-refractivity contribution >= 4 is 5.97 Å². The molecule has 1 fully saturated rings. The van der Waals surface area contributed by atoms with Crippen molar-refractivity contribution in [3.63, 3.8) is 0 Å². The fourth-order valence-corrected chi connectivity index (χ4v) is 3.82. The molecular formula is C25H30O4. The zero-order valence-electron chi connectivity index (χ0n) is 17.2. The molecule has 1 aliphatic carbocycles. The summed E-state index contributed by atoms with van der Waals surface area (Å²) in [5.74, 6) is 0.862. The van der Waals surface area contributed by atoms with Gasteiger partial charge in [0.1, 0.15) is 19.0 Å². The highest BCUT2D eigenvalue weighted by Gasteiger charge is 2.16. The predicted octanol–water partition coefficient (Wildman–Crippen LogP) is 5.39. The largest absolute Gasteiger partial charge is 0.491 e. The van der Waals surface area contributed by atoms with Gasteiger partial charge in [-0.05, 0) is 54.5 Å². The molecule has 1 aliphatic rings. The molecule has 1 N–H and O–H groups in total. The average molecular weight is 395 g/mol. The lowest BCUT2D eigenvalue weighted by Gasteiger charge is -2.22. The molecule has 2 aromatic rings. The minimum atomic E-state index is -0.430. The van der Waals surface area contributed by atoms with E-state index in [4.69, 9.17) is 14.6 Å². The monoisotopic (exact) mass is 394 g/mol. The molecule has 0 saturated heterocycles. The zero-order chi connectivity index (χ0) is 20.6. The van der Waals surface area contributed by atoms with Crippen LogP contribution in [-0.2, 0) is 16.1 Å². The van der Waals surface area contributed by atoms with Crippen LogP contribution in [0.5, 0.6) is 5.75 Å². The molecule has 0 bridgehead atoms. The zero-order valence-corrected chi connectivity index (χ0v) is 17.2. The topological polar surface area (TPSA) is 55.8 Å². The van der Waals surface area contributed by atoms with Crippen LogP contribution >= 0.6 is 0 Å². The van der Waals surface area contributed by atoms with E-state index in [1.807, 2.05) is 18.2 Å². The first-order valence-corrected chi connectivity index (χ1v) is 10.4. The third-order valence-electron chi connectivity index (χ3n) is 5.44. The van der Waals surface area contributed by atoms with E-state index in [9.17, 15) is 4.79 Å². The Morgan fingerprint density at radius 1 is 1.07 bits per heavy atom. The van der Waals surface area contributed by atoms with Gasteiger partial charge in [0.2, 0.25) is 0 Å². The van der Waals surface area contributed by atoms with Crippen molar-refractivity contribution in [1.29, 1.82) is 0 Å². The van der Waals surface area contributed by atoms with Crippen LogP contribution in [-0.4, -0.2) is 24.3 Å². The minimum Gasteiger partial charge on any atom is -0.491 e. The molecule has 2 aromatic carbocycles. The first-order valence-electron chi connectivity index (χ1n) is 10.4. The highest BCUT2D eigenvalue weighted by Crippen LogP contribution is 2.34. The van der Waals surface area contributed by atoms with Crippen molar-refractivity contribution in [2.75, 3.05) is 13.2 Å². The fraction of sp³-hybridized carbons (Fsp3) is 0.400. The van der Waals surface area contributed by atoms with Crippen molar-refractivity contribution in [1.82, 2.24) is 0 Å². The van der Waals surface area contributed by atoms with E-state index in [0.717, 1.165) is 16.7 Å². The predicted molar refractivity (Wildman–Crippen MR) is 115 cm³/mol. The first-order chi connectivity index (χ1) is 14.1. The molecular weight excluding hydrogens is 364 g/mol. The fourth-order valence-electron chi connectivity index (χ4n) is 3.82. The maximum Gasteiger partial charge on any atom is 0.333 e. The number of aliphatic hydroxyl groups excluding tert-OH is 1. The van der Waals surface area contributed by atoms with Crippen molar-refractivity contribution in [2.24, 2.45) is 0 Å². The Morgan fingerprint density at radius 2 is 1.76 bits per heavy atom. The quantitative estimate of drug-likeness (QED) is 0.482. The highest BCUT2D eigenvalue weighted by atomic mass is 16.5. The molecule has 4 nitrogen and oxygen atoms in total. The van der Waals surface area contributed by atoms with Gasteiger partial charge in [-0.2, -0.15) is 0 Å². The van der Waals surface area contributed by atoms with Gasteiger partial charge in [-0.1, -0.05) is 56.2 Å². The second kappa shape index (κ2) is 10.3. The number of hydrogen-bond donors (Lipinski definition) is 1. The van der Waals surface area contributed by atoms with Gasteiger partial charge in [-0.25, -0.2) is 4.79 Å². The molecule has 0 aliphatic heterocycles. The molecule has 3 rings (SSSR count). The van der Waals surface area contributed by atoms with Gasteiger partial charge in [0.15, 0.2) is 0 Å². The number of aliphatic hydroxyl groups is 1. The van der Waals surface area contributed by atoms with Crippen LogP contribution in [0.4, 0.5) is 0 Å². The van der Waals surface area contributed by atoms with Gasteiger partial charge >= 0.3 is 5.97 Å². The van der Waals surface area contributed by atoms with Crippen LogP contribution < -0.4 is 4.74 Å². The lowest BCUT2D eigenvalue weighted by Crippen LogP contribution is -2.08. The van der Waals surface area contributed by atoms with E-state index >= 15 is 0 Å². The second-order valence-corrected chi connectivity index (χ2v) is 7.71. The summed E-state index contributed by atoms with van der Waals surface area (Å²) in [5.41, 5.74) is 4.70. The molecule has 154 valence electrons. The molecule has 29 heavy (non-hydrogen) atoms. The third-order valence-corrected chi connectivity index (χ3v) is 5.44. The number of hydrogen-bond acceptors (Lipinski definition) is 4. The molecule has 0 atom stereocenters. The summed E-state index contributed by atoms with van der Waals surface area (Å²) in [6.45, 7) is 5.45. The van der Waals surface area contributed by atoms with E-state index in [1.165, 1.54) is 37.7 Å². The molecule has 0 heterocycles. The lowest BCUT2D eigenvalue weighted by atomic mass is 9.83. The summed E-state index contributed by atoms with van der Waals surface area (Å²) in [5, 5.41) is 9.05. The van der Waals surface area contributed by atoms with E-state index in [1.54, 1.807) is 6.92 Å². The standard InChI is InChI=1S/C25H30O4/c1-18(2)25(27)29-17-23-16-22(12-13-24(23)28-15-14-26)21-10-8-20(9-11-21)19-6-4-3-5-7-19/h8-13,16,19,26H,1,3-7,14-15,17H2,2H3.